The minimum atomic E-state index is 0. The lowest BCUT2D eigenvalue weighted by atomic mass is 10.1. The van der Waals surface area contributed by atoms with Crippen LogP contribution in [0.25, 0.3) is 0 Å². The van der Waals surface area contributed by atoms with E-state index in [1.165, 1.54) is 12.0 Å². The molecule has 0 aliphatic carbocycles. The second-order valence-corrected chi connectivity index (χ2v) is 3.24. The molecule has 0 saturated heterocycles. The molecule has 0 heterocycles. The van der Waals surface area contributed by atoms with Crippen molar-refractivity contribution in [1.29, 1.82) is 0 Å². The first-order valence-corrected chi connectivity index (χ1v) is 4.37. The maximum Gasteiger partial charge on any atom is 0.0437 e. The van der Waals surface area contributed by atoms with E-state index in [-0.39, 0.29) is 5.48 Å². The lowest BCUT2D eigenvalue weighted by Crippen LogP contribution is -1.83. The first-order valence-electron chi connectivity index (χ1n) is 3.99. The Morgan fingerprint density at radius 2 is 2.00 bits per heavy atom. The Bertz CT molecular complexity index is 246. The molecule has 0 bridgehead atoms. The van der Waals surface area contributed by atoms with Crippen molar-refractivity contribution in [3.63, 3.8) is 0 Å². The average Bonchev–Trinajstić information content (AvgIpc) is 1.98. The monoisotopic (exact) mass is 186 g/mol. The Hall–Kier alpha value is -0.530. The molecule has 0 aliphatic rings. The molecule has 0 fully saturated rings. The second kappa shape index (κ2) is 5.18. The zero-order valence-corrected chi connectivity index (χ0v) is 8.28. The number of hydrogen-bond acceptors (Lipinski definition) is 0. The lowest BCUT2D eigenvalue weighted by Gasteiger charge is -2.01. The van der Waals surface area contributed by atoms with Crippen LogP contribution in [-0.4, -0.2) is 5.48 Å². The highest BCUT2D eigenvalue weighted by Gasteiger charge is 1.95. The summed E-state index contributed by atoms with van der Waals surface area (Å²) >= 11 is 5.95. The van der Waals surface area contributed by atoms with Gasteiger partial charge in [-0.2, -0.15) is 0 Å². The van der Waals surface area contributed by atoms with Crippen molar-refractivity contribution in [2.45, 2.75) is 26.7 Å². The molecular weight excluding hydrogens is 172 g/mol. The van der Waals surface area contributed by atoms with E-state index in [4.69, 9.17) is 11.6 Å². The summed E-state index contributed by atoms with van der Waals surface area (Å²) in [6.07, 6.45) is 2.30. The Labute approximate surface area is 78.7 Å². The molecule has 0 radical (unpaired) electrons. The first-order chi connectivity index (χ1) is 5.24. The fourth-order valence-electron chi connectivity index (χ4n) is 1.08. The van der Waals surface area contributed by atoms with Crippen molar-refractivity contribution in [2.24, 2.45) is 0 Å². The molecule has 0 amide bonds. The van der Waals surface area contributed by atoms with Crippen LogP contribution in [0.3, 0.4) is 0 Å². The van der Waals surface area contributed by atoms with Crippen LogP contribution >= 0.6 is 11.6 Å². The Morgan fingerprint density at radius 1 is 1.33 bits per heavy atom. The predicted octanol–water partition coefficient (Wildman–Crippen LogP) is 2.78. The topological polar surface area (TPSA) is 31.5 Å². The first kappa shape index (κ1) is 11.5. The minimum Gasteiger partial charge on any atom is -0.412 e. The summed E-state index contributed by atoms with van der Waals surface area (Å²) in [7, 11) is 0. The maximum absolute atomic E-state index is 5.95. The van der Waals surface area contributed by atoms with E-state index >= 15 is 0 Å². The number of halogens is 1. The van der Waals surface area contributed by atoms with Crippen LogP contribution in [0.4, 0.5) is 0 Å². The fraction of sp³-hybridized carbons (Fsp3) is 0.400. The van der Waals surface area contributed by atoms with Crippen LogP contribution < -0.4 is 0 Å². The molecule has 68 valence electrons. The van der Waals surface area contributed by atoms with Crippen molar-refractivity contribution in [2.75, 3.05) is 0 Å². The Morgan fingerprint density at radius 3 is 2.50 bits per heavy atom. The van der Waals surface area contributed by atoms with Gasteiger partial charge in [-0.25, -0.2) is 0 Å². The molecule has 0 spiro atoms. The van der Waals surface area contributed by atoms with Gasteiger partial charge >= 0.3 is 0 Å². The van der Waals surface area contributed by atoms with Crippen LogP contribution in [0, 0.1) is 6.92 Å². The molecular formula is C10H15ClO. The highest BCUT2D eigenvalue weighted by molar-refractivity contribution is 6.31. The van der Waals surface area contributed by atoms with Gasteiger partial charge in [0.05, 0.1) is 0 Å². The van der Waals surface area contributed by atoms with E-state index in [2.05, 4.69) is 25.1 Å². The average molecular weight is 187 g/mol. The molecule has 0 saturated carbocycles. The van der Waals surface area contributed by atoms with Gasteiger partial charge in [0, 0.05) is 5.02 Å². The standard InChI is InChI=1S/C10H13Cl.H2O/c1-3-4-9-6-5-8(2)10(11)7-9;/h5-7H,3-4H2,1-2H3;1H2. The smallest absolute Gasteiger partial charge is 0.0437 e. The number of hydrogen-bond donors (Lipinski definition) is 0. The summed E-state index contributed by atoms with van der Waals surface area (Å²) < 4.78 is 0. The highest BCUT2D eigenvalue weighted by atomic mass is 35.5. The number of rotatable bonds is 2. The molecule has 1 aromatic carbocycles. The van der Waals surface area contributed by atoms with Gasteiger partial charge in [-0.15, -0.1) is 0 Å². The van der Waals surface area contributed by atoms with E-state index in [1.54, 1.807) is 0 Å². The lowest BCUT2D eigenvalue weighted by molar-refractivity contribution is 0.824. The van der Waals surface area contributed by atoms with E-state index < -0.39 is 0 Å². The summed E-state index contributed by atoms with van der Waals surface area (Å²) in [6, 6.07) is 6.28. The van der Waals surface area contributed by atoms with E-state index in [1.807, 2.05) is 6.92 Å². The Kier molecular flexibility index (Phi) is 4.95. The van der Waals surface area contributed by atoms with Gasteiger partial charge in [-0.3, -0.25) is 0 Å². The molecule has 0 aliphatic heterocycles. The van der Waals surface area contributed by atoms with Gasteiger partial charge in [0.15, 0.2) is 0 Å². The molecule has 1 rings (SSSR count). The quantitative estimate of drug-likeness (QED) is 0.681. The Balaban J connectivity index is 0.00000121. The normalized spacial score (nSPS) is 9.25. The van der Waals surface area contributed by atoms with Gasteiger partial charge in [0.1, 0.15) is 0 Å². The van der Waals surface area contributed by atoms with Crippen LogP contribution in [0.5, 0.6) is 0 Å². The van der Waals surface area contributed by atoms with Crippen molar-refractivity contribution in [1.82, 2.24) is 0 Å². The van der Waals surface area contributed by atoms with Crippen molar-refractivity contribution < 1.29 is 5.48 Å². The summed E-state index contributed by atoms with van der Waals surface area (Å²) in [6.45, 7) is 4.20. The van der Waals surface area contributed by atoms with Crippen molar-refractivity contribution in [3.8, 4) is 0 Å². The van der Waals surface area contributed by atoms with Crippen LogP contribution in [0.1, 0.15) is 24.5 Å². The summed E-state index contributed by atoms with van der Waals surface area (Å²) in [5.41, 5.74) is 2.50. The zero-order valence-electron chi connectivity index (χ0n) is 7.52. The fourth-order valence-corrected chi connectivity index (χ4v) is 1.28. The molecule has 0 atom stereocenters. The number of aryl methyl sites for hydroxylation is 2. The van der Waals surface area contributed by atoms with Crippen molar-refractivity contribution >= 4 is 11.6 Å². The molecule has 2 heteroatoms. The van der Waals surface area contributed by atoms with E-state index in [0.717, 1.165) is 17.0 Å². The summed E-state index contributed by atoms with van der Waals surface area (Å²) in [5, 5.41) is 0.885. The van der Waals surface area contributed by atoms with Gasteiger partial charge in [0.2, 0.25) is 0 Å². The van der Waals surface area contributed by atoms with E-state index in [0.29, 0.717) is 0 Å². The van der Waals surface area contributed by atoms with Crippen LogP contribution in [-0.2, 0) is 6.42 Å². The molecule has 1 aromatic rings. The van der Waals surface area contributed by atoms with Gasteiger partial charge in [0.25, 0.3) is 0 Å². The zero-order chi connectivity index (χ0) is 8.27. The van der Waals surface area contributed by atoms with E-state index in [9.17, 15) is 0 Å². The molecule has 2 N–H and O–H groups in total. The van der Waals surface area contributed by atoms with Crippen LogP contribution in [0.2, 0.25) is 5.02 Å². The minimum absolute atomic E-state index is 0. The molecule has 12 heavy (non-hydrogen) atoms. The second-order valence-electron chi connectivity index (χ2n) is 2.83. The largest absolute Gasteiger partial charge is 0.412 e. The third-order valence-electron chi connectivity index (χ3n) is 1.77. The SMILES string of the molecule is CCCc1ccc(C)c(Cl)c1.O. The predicted molar refractivity (Wildman–Crippen MR) is 53.8 cm³/mol. The summed E-state index contributed by atoms with van der Waals surface area (Å²) in [4.78, 5) is 0. The number of benzene rings is 1. The third kappa shape index (κ3) is 2.84. The van der Waals surface area contributed by atoms with Gasteiger partial charge in [-0.05, 0) is 30.5 Å². The van der Waals surface area contributed by atoms with Crippen LogP contribution in [0.15, 0.2) is 18.2 Å². The molecule has 0 unspecified atom stereocenters. The van der Waals surface area contributed by atoms with Gasteiger partial charge in [-0.1, -0.05) is 37.1 Å². The third-order valence-corrected chi connectivity index (χ3v) is 2.18. The molecule has 1 nitrogen and oxygen atoms in total. The van der Waals surface area contributed by atoms with Gasteiger partial charge < -0.3 is 5.48 Å². The van der Waals surface area contributed by atoms with Crippen molar-refractivity contribution in [3.05, 3.63) is 34.3 Å². The summed E-state index contributed by atoms with van der Waals surface area (Å²) in [5.74, 6) is 0. The maximum atomic E-state index is 5.95. The molecule has 0 aromatic heterocycles. The highest BCUT2D eigenvalue weighted by Crippen LogP contribution is 2.17.